The lowest BCUT2D eigenvalue weighted by Gasteiger charge is -2.39. The number of hydrogen-bond donors (Lipinski definition) is 0. The minimum absolute atomic E-state index is 0.00977. The van der Waals surface area contributed by atoms with Crippen molar-refractivity contribution in [2.24, 2.45) is 0 Å². The van der Waals surface area contributed by atoms with Crippen LogP contribution in [-0.2, 0) is 11.3 Å². The number of carbonyl (C=O) groups excluding carboxylic acids is 1. The van der Waals surface area contributed by atoms with Gasteiger partial charge in [-0.05, 0) is 30.9 Å². The third-order valence-electron chi connectivity index (χ3n) is 3.78. The summed E-state index contributed by atoms with van der Waals surface area (Å²) in [5, 5.41) is 0. The minimum Gasteiger partial charge on any atom is -0.476 e. The summed E-state index contributed by atoms with van der Waals surface area (Å²) in [6.45, 7) is 4.20. The first-order valence-corrected chi connectivity index (χ1v) is 7.13. The summed E-state index contributed by atoms with van der Waals surface area (Å²) in [7, 11) is 2.01. The van der Waals surface area contributed by atoms with Gasteiger partial charge < -0.3 is 9.64 Å². The van der Waals surface area contributed by atoms with E-state index in [-0.39, 0.29) is 5.91 Å². The molecule has 1 aliphatic rings. The lowest BCUT2D eigenvalue weighted by atomic mass is 9.91. The number of anilines is 1. The zero-order chi connectivity index (χ0) is 15.0. The maximum absolute atomic E-state index is 12.7. The van der Waals surface area contributed by atoms with E-state index in [4.69, 9.17) is 4.74 Å². The first kappa shape index (κ1) is 13.7. The number of ether oxygens (including phenoxy) is 1. The quantitative estimate of drug-likeness (QED) is 0.782. The summed E-state index contributed by atoms with van der Waals surface area (Å²) in [4.78, 5) is 14.5. The van der Waals surface area contributed by atoms with Crippen molar-refractivity contribution >= 4 is 24.9 Å². The largest absolute Gasteiger partial charge is 0.476 e. The first-order chi connectivity index (χ1) is 9.99. The molecule has 0 fully saturated rings. The second-order valence-electron chi connectivity index (χ2n) is 5.91. The van der Waals surface area contributed by atoms with Crippen molar-refractivity contribution in [3.8, 4) is 5.75 Å². The maximum atomic E-state index is 12.7. The van der Waals surface area contributed by atoms with Crippen LogP contribution >= 0.6 is 0 Å². The van der Waals surface area contributed by atoms with E-state index in [2.05, 4.69) is 0 Å². The predicted molar refractivity (Wildman–Crippen MR) is 87.0 cm³/mol. The normalized spacial score (nSPS) is 16.3. The molecule has 0 radical (unpaired) electrons. The summed E-state index contributed by atoms with van der Waals surface area (Å²) < 4.78 is 5.94. The molecule has 0 atom stereocenters. The van der Waals surface area contributed by atoms with Gasteiger partial charge in [-0.3, -0.25) is 4.79 Å². The van der Waals surface area contributed by atoms with Gasteiger partial charge in [-0.25, -0.2) is 0 Å². The van der Waals surface area contributed by atoms with E-state index in [1.807, 2.05) is 75.1 Å². The number of fused-ring (bicyclic) bond motifs is 1. The number of benzene rings is 2. The molecule has 2 aromatic rings. The van der Waals surface area contributed by atoms with E-state index >= 15 is 0 Å². The van der Waals surface area contributed by atoms with Crippen molar-refractivity contribution in [2.45, 2.75) is 26.0 Å². The molecular weight excluding hydrogens is 261 g/mol. The smallest absolute Gasteiger partial charge is 0.271 e. The highest BCUT2D eigenvalue weighted by Crippen LogP contribution is 2.36. The fourth-order valence-electron chi connectivity index (χ4n) is 2.64. The Labute approximate surface area is 125 Å². The SMILES string of the molecule is Bc1cccc2c1OC(C)(C)C(=O)N2Cc1ccccc1. The molecule has 1 aliphatic heterocycles. The zero-order valence-corrected chi connectivity index (χ0v) is 12.6. The van der Waals surface area contributed by atoms with E-state index in [0.29, 0.717) is 6.54 Å². The van der Waals surface area contributed by atoms with Crippen LogP contribution in [0.1, 0.15) is 19.4 Å². The molecule has 1 heterocycles. The predicted octanol–water partition coefficient (Wildman–Crippen LogP) is 1.65. The highest BCUT2D eigenvalue weighted by Gasteiger charge is 2.41. The molecule has 0 saturated heterocycles. The number of para-hydroxylation sites is 1. The van der Waals surface area contributed by atoms with E-state index in [1.54, 1.807) is 0 Å². The third kappa shape index (κ3) is 2.42. The van der Waals surface area contributed by atoms with Crippen LogP contribution in [-0.4, -0.2) is 19.4 Å². The molecule has 0 aromatic heterocycles. The van der Waals surface area contributed by atoms with Crippen LogP contribution in [0.2, 0.25) is 0 Å². The molecule has 0 aliphatic carbocycles. The molecule has 1 amide bonds. The summed E-state index contributed by atoms with van der Waals surface area (Å²) in [5.41, 5.74) is 2.17. The Morgan fingerprint density at radius 3 is 2.52 bits per heavy atom. The maximum Gasteiger partial charge on any atom is 0.271 e. The standard InChI is InChI=1S/C17H18BNO2/c1-17(2)16(20)19(11-12-7-4-3-5-8-12)14-10-6-9-13(18)15(14)21-17/h3-10H,11,18H2,1-2H3. The lowest BCUT2D eigenvalue weighted by molar-refractivity contribution is -0.132. The van der Waals surface area contributed by atoms with Gasteiger partial charge >= 0.3 is 0 Å². The molecular formula is C17H18BNO2. The molecule has 0 spiro atoms. The van der Waals surface area contributed by atoms with Crippen molar-refractivity contribution in [2.75, 3.05) is 4.90 Å². The second-order valence-corrected chi connectivity index (χ2v) is 5.91. The molecule has 2 aromatic carbocycles. The van der Waals surface area contributed by atoms with Crippen molar-refractivity contribution < 1.29 is 9.53 Å². The van der Waals surface area contributed by atoms with Crippen LogP contribution in [0.5, 0.6) is 5.75 Å². The zero-order valence-electron chi connectivity index (χ0n) is 12.6. The summed E-state index contributed by atoms with van der Waals surface area (Å²) in [5.74, 6) is 0.794. The summed E-state index contributed by atoms with van der Waals surface area (Å²) >= 11 is 0. The number of carbonyl (C=O) groups is 1. The van der Waals surface area contributed by atoms with Crippen LogP contribution in [0.4, 0.5) is 5.69 Å². The molecule has 106 valence electrons. The van der Waals surface area contributed by atoms with Gasteiger partial charge in [-0.2, -0.15) is 0 Å². The number of amides is 1. The van der Waals surface area contributed by atoms with Gasteiger partial charge in [-0.1, -0.05) is 42.5 Å². The highest BCUT2D eigenvalue weighted by atomic mass is 16.5. The Morgan fingerprint density at radius 2 is 1.81 bits per heavy atom. The number of rotatable bonds is 2. The number of nitrogens with zero attached hydrogens (tertiary/aromatic N) is 1. The van der Waals surface area contributed by atoms with Gasteiger partial charge in [0.1, 0.15) is 13.6 Å². The molecule has 21 heavy (non-hydrogen) atoms. The summed E-state index contributed by atoms with van der Waals surface area (Å²) in [6, 6.07) is 15.9. The Kier molecular flexibility index (Phi) is 3.24. The van der Waals surface area contributed by atoms with E-state index in [9.17, 15) is 4.79 Å². The Bertz CT molecular complexity index is 682. The van der Waals surface area contributed by atoms with Crippen LogP contribution in [0.25, 0.3) is 0 Å². The van der Waals surface area contributed by atoms with Crippen LogP contribution in [0.3, 0.4) is 0 Å². The number of hydrogen-bond acceptors (Lipinski definition) is 2. The molecule has 4 heteroatoms. The Morgan fingerprint density at radius 1 is 1.10 bits per heavy atom. The van der Waals surface area contributed by atoms with Gasteiger partial charge in [0.2, 0.25) is 0 Å². The molecule has 0 bridgehead atoms. The van der Waals surface area contributed by atoms with Crippen molar-refractivity contribution in [3.63, 3.8) is 0 Å². The lowest BCUT2D eigenvalue weighted by Crippen LogP contribution is -2.53. The fourth-order valence-corrected chi connectivity index (χ4v) is 2.64. The van der Waals surface area contributed by atoms with Crippen LogP contribution in [0, 0.1) is 0 Å². The minimum atomic E-state index is -0.839. The van der Waals surface area contributed by atoms with Gasteiger partial charge in [-0.15, -0.1) is 0 Å². The van der Waals surface area contributed by atoms with Crippen molar-refractivity contribution in [3.05, 3.63) is 54.1 Å². The van der Waals surface area contributed by atoms with E-state index < -0.39 is 5.60 Å². The first-order valence-electron chi connectivity index (χ1n) is 7.13. The van der Waals surface area contributed by atoms with Crippen LogP contribution in [0.15, 0.2) is 48.5 Å². The van der Waals surface area contributed by atoms with E-state index in [0.717, 1.165) is 22.5 Å². The van der Waals surface area contributed by atoms with Crippen LogP contribution < -0.4 is 15.1 Å². The van der Waals surface area contributed by atoms with Gasteiger partial charge in [0.15, 0.2) is 5.60 Å². The summed E-state index contributed by atoms with van der Waals surface area (Å²) in [6.07, 6.45) is 0. The molecule has 0 unspecified atom stereocenters. The average Bonchev–Trinajstić information content (AvgIpc) is 2.46. The van der Waals surface area contributed by atoms with E-state index in [1.165, 1.54) is 0 Å². The van der Waals surface area contributed by atoms with Gasteiger partial charge in [0.25, 0.3) is 5.91 Å². The molecule has 0 saturated carbocycles. The second kappa shape index (κ2) is 4.95. The Hall–Kier alpha value is -2.23. The fraction of sp³-hybridized carbons (Fsp3) is 0.235. The average molecular weight is 279 g/mol. The topological polar surface area (TPSA) is 29.5 Å². The van der Waals surface area contributed by atoms with Gasteiger partial charge in [0.05, 0.1) is 12.2 Å². The van der Waals surface area contributed by atoms with Crippen molar-refractivity contribution in [1.29, 1.82) is 0 Å². The van der Waals surface area contributed by atoms with Gasteiger partial charge in [0, 0.05) is 0 Å². The molecule has 3 nitrogen and oxygen atoms in total. The Balaban J connectivity index is 2.06. The molecule has 3 rings (SSSR count). The monoisotopic (exact) mass is 279 g/mol. The van der Waals surface area contributed by atoms with Crippen molar-refractivity contribution in [1.82, 2.24) is 0 Å². The molecule has 0 N–H and O–H groups in total. The third-order valence-corrected chi connectivity index (χ3v) is 3.78. The highest BCUT2D eigenvalue weighted by molar-refractivity contribution is 6.35.